The van der Waals surface area contributed by atoms with Crippen LogP contribution in [0.15, 0.2) is 55.1 Å². The minimum Gasteiger partial charge on any atom is -0.481 e. The number of carboxylic acid groups (broad SMARTS) is 1. The van der Waals surface area contributed by atoms with Gasteiger partial charge in [0.05, 0.1) is 5.92 Å². The predicted molar refractivity (Wildman–Crippen MR) is 60.6 cm³/mol. The van der Waals surface area contributed by atoms with Gasteiger partial charge in [0.2, 0.25) is 0 Å². The molecule has 1 atom stereocenters. The molecule has 1 aromatic carbocycles. The van der Waals surface area contributed by atoms with Gasteiger partial charge in [0.15, 0.2) is 0 Å². The summed E-state index contributed by atoms with van der Waals surface area (Å²) in [6.07, 6.45) is 5.42. The molecule has 1 aromatic rings. The number of benzene rings is 1. The number of hydrogen-bond donors (Lipinski definition) is 1. The number of carboxylic acids is 1. The van der Waals surface area contributed by atoms with Gasteiger partial charge < -0.3 is 5.11 Å². The van der Waals surface area contributed by atoms with Crippen molar-refractivity contribution in [3.05, 3.63) is 60.7 Å². The van der Waals surface area contributed by atoms with Gasteiger partial charge in [0.25, 0.3) is 0 Å². The van der Waals surface area contributed by atoms with Gasteiger partial charge >= 0.3 is 5.97 Å². The van der Waals surface area contributed by atoms with Gasteiger partial charge in [-0.2, -0.15) is 0 Å². The summed E-state index contributed by atoms with van der Waals surface area (Å²) in [5.41, 5.74) is 1.03. The van der Waals surface area contributed by atoms with Crippen molar-refractivity contribution in [1.82, 2.24) is 0 Å². The van der Waals surface area contributed by atoms with E-state index in [1.165, 1.54) is 0 Å². The fraction of sp³-hybridized carbons (Fsp3) is 0.154. The molecular weight excluding hydrogens is 188 g/mol. The van der Waals surface area contributed by atoms with Crippen LogP contribution in [-0.4, -0.2) is 11.1 Å². The van der Waals surface area contributed by atoms with Crippen LogP contribution in [0.3, 0.4) is 0 Å². The summed E-state index contributed by atoms with van der Waals surface area (Å²) in [5, 5.41) is 8.98. The van der Waals surface area contributed by atoms with E-state index in [0.29, 0.717) is 6.42 Å². The average molecular weight is 202 g/mol. The van der Waals surface area contributed by atoms with E-state index in [-0.39, 0.29) is 0 Å². The van der Waals surface area contributed by atoms with Crippen LogP contribution in [0, 0.1) is 5.92 Å². The second kappa shape index (κ2) is 5.81. The van der Waals surface area contributed by atoms with E-state index >= 15 is 0 Å². The molecule has 0 aliphatic rings. The largest absolute Gasteiger partial charge is 0.481 e. The lowest BCUT2D eigenvalue weighted by Gasteiger charge is -2.06. The summed E-state index contributed by atoms with van der Waals surface area (Å²) >= 11 is 0. The van der Waals surface area contributed by atoms with E-state index in [9.17, 15) is 4.79 Å². The SMILES string of the molecule is C=CC=CC(Cc1ccccc1)C(=O)O. The van der Waals surface area contributed by atoms with E-state index in [1.807, 2.05) is 30.3 Å². The topological polar surface area (TPSA) is 37.3 Å². The zero-order valence-corrected chi connectivity index (χ0v) is 8.47. The molecule has 0 amide bonds. The summed E-state index contributed by atoms with van der Waals surface area (Å²) in [6, 6.07) is 9.59. The number of carbonyl (C=O) groups is 1. The molecule has 78 valence electrons. The third-order valence-electron chi connectivity index (χ3n) is 2.10. The van der Waals surface area contributed by atoms with Crippen LogP contribution in [0.2, 0.25) is 0 Å². The minimum absolute atomic E-state index is 0.481. The lowest BCUT2D eigenvalue weighted by molar-refractivity contribution is -0.140. The second-order valence-corrected chi connectivity index (χ2v) is 3.26. The van der Waals surface area contributed by atoms with Crippen LogP contribution in [0.1, 0.15) is 5.56 Å². The van der Waals surface area contributed by atoms with Crippen LogP contribution < -0.4 is 0 Å². The summed E-state index contributed by atoms with van der Waals surface area (Å²) in [5.74, 6) is -1.29. The number of aliphatic carboxylic acids is 1. The minimum atomic E-state index is -0.808. The Labute approximate surface area is 89.6 Å². The number of rotatable bonds is 5. The molecule has 0 aromatic heterocycles. The standard InChI is InChI=1S/C13H14O2/c1-2-3-9-12(13(14)15)10-11-7-5-4-6-8-11/h2-9,12H,1,10H2,(H,14,15). The van der Waals surface area contributed by atoms with Gasteiger partial charge in [-0.05, 0) is 12.0 Å². The molecule has 0 radical (unpaired) electrons. The van der Waals surface area contributed by atoms with Crippen molar-refractivity contribution in [3.8, 4) is 0 Å². The summed E-state index contributed by atoms with van der Waals surface area (Å²) in [6.45, 7) is 3.52. The molecule has 1 unspecified atom stereocenters. The Morgan fingerprint density at radius 2 is 2.07 bits per heavy atom. The summed E-state index contributed by atoms with van der Waals surface area (Å²) in [7, 11) is 0. The lowest BCUT2D eigenvalue weighted by Crippen LogP contribution is -2.13. The third kappa shape index (κ3) is 3.81. The van der Waals surface area contributed by atoms with Crippen LogP contribution >= 0.6 is 0 Å². The Morgan fingerprint density at radius 3 is 2.60 bits per heavy atom. The quantitative estimate of drug-likeness (QED) is 0.745. The molecular formula is C13H14O2. The van der Waals surface area contributed by atoms with Crippen molar-refractivity contribution >= 4 is 5.97 Å². The third-order valence-corrected chi connectivity index (χ3v) is 2.10. The molecule has 0 saturated heterocycles. The molecule has 0 aliphatic heterocycles. The number of hydrogen-bond acceptors (Lipinski definition) is 1. The van der Waals surface area contributed by atoms with Crippen molar-refractivity contribution in [2.75, 3.05) is 0 Å². The molecule has 0 bridgehead atoms. The maximum atomic E-state index is 10.9. The van der Waals surface area contributed by atoms with Gasteiger partial charge in [-0.15, -0.1) is 0 Å². The highest BCUT2D eigenvalue weighted by atomic mass is 16.4. The maximum absolute atomic E-state index is 10.9. The van der Waals surface area contributed by atoms with Gasteiger partial charge in [-0.1, -0.05) is 55.1 Å². The Balaban J connectivity index is 2.71. The van der Waals surface area contributed by atoms with Crippen molar-refractivity contribution < 1.29 is 9.90 Å². The first kappa shape index (κ1) is 11.2. The molecule has 0 spiro atoms. The summed E-state index contributed by atoms with van der Waals surface area (Å²) < 4.78 is 0. The molecule has 1 N–H and O–H groups in total. The van der Waals surface area contributed by atoms with E-state index in [1.54, 1.807) is 18.2 Å². The lowest BCUT2D eigenvalue weighted by atomic mass is 9.99. The first-order valence-corrected chi connectivity index (χ1v) is 4.80. The van der Waals surface area contributed by atoms with Crippen molar-refractivity contribution in [2.45, 2.75) is 6.42 Å². The van der Waals surface area contributed by atoms with Gasteiger partial charge in [0.1, 0.15) is 0 Å². The highest BCUT2D eigenvalue weighted by Gasteiger charge is 2.13. The van der Waals surface area contributed by atoms with Gasteiger partial charge in [-0.25, -0.2) is 0 Å². The van der Waals surface area contributed by atoms with Crippen LogP contribution in [0.25, 0.3) is 0 Å². The Kier molecular flexibility index (Phi) is 4.35. The van der Waals surface area contributed by atoms with Gasteiger partial charge in [0, 0.05) is 0 Å². The molecule has 15 heavy (non-hydrogen) atoms. The smallest absolute Gasteiger partial charge is 0.310 e. The van der Waals surface area contributed by atoms with Crippen molar-refractivity contribution in [3.63, 3.8) is 0 Å². The Morgan fingerprint density at radius 1 is 1.40 bits per heavy atom. The second-order valence-electron chi connectivity index (χ2n) is 3.26. The maximum Gasteiger partial charge on any atom is 0.310 e. The molecule has 2 heteroatoms. The van der Waals surface area contributed by atoms with E-state index in [4.69, 9.17) is 5.11 Å². The predicted octanol–water partition coefficient (Wildman–Crippen LogP) is 2.67. The van der Waals surface area contributed by atoms with Crippen molar-refractivity contribution in [1.29, 1.82) is 0 Å². The molecule has 0 aliphatic carbocycles. The summed E-state index contributed by atoms with van der Waals surface area (Å²) in [4.78, 5) is 10.9. The Bertz CT molecular complexity index is 352. The Hall–Kier alpha value is -1.83. The zero-order chi connectivity index (χ0) is 11.1. The van der Waals surface area contributed by atoms with Crippen LogP contribution in [-0.2, 0) is 11.2 Å². The van der Waals surface area contributed by atoms with Crippen LogP contribution in [0.5, 0.6) is 0 Å². The van der Waals surface area contributed by atoms with Crippen LogP contribution in [0.4, 0.5) is 0 Å². The fourth-order valence-corrected chi connectivity index (χ4v) is 1.32. The highest BCUT2D eigenvalue weighted by molar-refractivity contribution is 5.72. The normalized spacial score (nSPS) is 12.5. The molecule has 0 saturated carbocycles. The zero-order valence-electron chi connectivity index (χ0n) is 8.47. The van der Waals surface area contributed by atoms with Crippen molar-refractivity contribution in [2.24, 2.45) is 5.92 Å². The highest BCUT2D eigenvalue weighted by Crippen LogP contribution is 2.10. The van der Waals surface area contributed by atoms with E-state index in [0.717, 1.165) is 5.56 Å². The average Bonchev–Trinajstić information content (AvgIpc) is 2.25. The number of allylic oxidation sites excluding steroid dienone is 2. The fourth-order valence-electron chi connectivity index (χ4n) is 1.32. The molecule has 2 nitrogen and oxygen atoms in total. The molecule has 0 fully saturated rings. The van der Waals surface area contributed by atoms with E-state index < -0.39 is 11.9 Å². The molecule has 1 rings (SSSR count). The monoisotopic (exact) mass is 202 g/mol. The first-order chi connectivity index (χ1) is 7.24. The molecule has 0 heterocycles. The van der Waals surface area contributed by atoms with E-state index in [2.05, 4.69) is 6.58 Å². The first-order valence-electron chi connectivity index (χ1n) is 4.80. The van der Waals surface area contributed by atoms with Gasteiger partial charge in [-0.3, -0.25) is 4.79 Å².